The molecule has 170 valence electrons. The van der Waals surface area contributed by atoms with Crippen molar-refractivity contribution in [1.82, 2.24) is 0 Å². The number of sulfone groups is 1. The van der Waals surface area contributed by atoms with Crippen LogP contribution in [-0.4, -0.2) is 43.7 Å². The van der Waals surface area contributed by atoms with E-state index in [-0.39, 0.29) is 23.4 Å². The van der Waals surface area contributed by atoms with Crippen LogP contribution in [0.4, 0.5) is 0 Å². The number of rotatable bonds is 11. The highest BCUT2D eigenvalue weighted by atomic mass is 35.5. The Balaban J connectivity index is 0.00000341. The van der Waals surface area contributed by atoms with Crippen LogP contribution in [0, 0.1) is 0 Å². The van der Waals surface area contributed by atoms with Gasteiger partial charge in [0.2, 0.25) is 0 Å². The number of carbonyl (C=O) groups is 1. The number of esters is 1. The third kappa shape index (κ3) is 8.01. The normalized spacial score (nSPS) is 16.1. The zero-order chi connectivity index (χ0) is 21.6. The van der Waals surface area contributed by atoms with Gasteiger partial charge in [-0.2, -0.15) is 11.8 Å². The van der Waals surface area contributed by atoms with Crippen LogP contribution in [0.25, 0.3) is 0 Å². The van der Waals surface area contributed by atoms with Gasteiger partial charge in [0.05, 0.1) is 10.6 Å². The van der Waals surface area contributed by atoms with Gasteiger partial charge in [0, 0.05) is 11.0 Å². The zero-order valence-electron chi connectivity index (χ0n) is 16.9. The van der Waals surface area contributed by atoms with Crippen molar-refractivity contribution in [1.29, 1.82) is 0 Å². The SMILES string of the molecule is Cl.NCCCC[C@H](N)C(=O)Oc1ccc(Oc2ccc(S(=O)(=O)CC3CS3)cc2)cc1. The molecule has 1 fully saturated rings. The molecule has 3 rings (SSSR count). The third-order valence-corrected chi connectivity index (χ3v) is 7.55. The number of carbonyl (C=O) groups excluding carboxylic acids is 1. The first-order chi connectivity index (χ1) is 14.4. The van der Waals surface area contributed by atoms with Crippen molar-refractivity contribution in [2.45, 2.75) is 35.4 Å². The summed E-state index contributed by atoms with van der Waals surface area (Å²) >= 11 is 1.66. The molecule has 1 saturated heterocycles. The summed E-state index contributed by atoms with van der Waals surface area (Å²) in [7, 11) is -3.26. The fourth-order valence-corrected chi connectivity index (χ4v) is 5.43. The largest absolute Gasteiger partial charge is 0.457 e. The monoisotopic (exact) mass is 486 g/mol. The van der Waals surface area contributed by atoms with Gasteiger partial charge in [0.15, 0.2) is 9.84 Å². The molecule has 10 heteroatoms. The molecule has 0 radical (unpaired) electrons. The highest BCUT2D eigenvalue weighted by Crippen LogP contribution is 2.33. The molecule has 1 unspecified atom stereocenters. The van der Waals surface area contributed by atoms with E-state index in [1.807, 2.05) is 0 Å². The number of benzene rings is 2. The summed E-state index contributed by atoms with van der Waals surface area (Å²) in [5.74, 6) is 2.03. The Bertz CT molecular complexity index is 949. The minimum atomic E-state index is -3.26. The van der Waals surface area contributed by atoms with E-state index in [1.165, 1.54) is 0 Å². The molecule has 0 spiro atoms. The van der Waals surface area contributed by atoms with Crippen molar-refractivity contribution in [3.05, 3.63) is 48.5 Å². The molecule has 1 heterocycles. The Morgan fingerprint density at radius 3 is 2.13 bits per heavy atom. The maximum Gasteiger partial charge on any atom is 0.328 e. The summed E-state index contributed by atoms with van der Waals surface area (Å²) in [4.78, 5) is 12.3. The maximum absolute atomic E-state index is 12.3. The molecule has 0 aliphatic carbocycles. The molecule has 4 N–H and O–H groups in total. The Labute approximate surface area is 193 Å². The molecular weight excluding hydrogens is 460 g/mol. The number of ether oxygens (including phenoxy) is 2. The van der Waals surface area contributed by atoms with Crippen LogP contribution in [0.5, 0.6) is 17.2 Å². The van der Waals surface area contributed by atoms with Crippen molar-refractivity contribution >= 4 is 40.0 Å². The number of nitrogens with two attached hydrogens (primary N) is 2. The van der Waals surface area contributed by atoms with Gasteiger partial charge >= 0.3 is 5.97 Å². The molecule has 1 aliphatic rings. The summed E-state index contributed by atoms with van der Waals surface area (Å²) in [5.41, 5.74) is 11.3. The molecule has 1 aliphatic heterocycles. The number of thioether (sulfide) groups is 1. The van der Waals surface area contributed by atoms with E-state index in [4.69, 9.17) is 20.9 Å². The van der Waals surface area contributed by atoms with Gasteiger partial charge in [-0.1, -0.05) is 6.42 Å². The summed E-state index contributed by atoms with van der Waals surface area (Å²) < 4.78 is 35.6. The Morgan fingerprint density at radius 1 is 1.03 bits per heavy atom. The van der Waals surface area contributed by atoms with E-state index >= 15 is 0 Å². The molecule has 0 amide bonds. The fraction of sp³-hybridized carbons (Fsp3) is 0.381. The summed E-state index contributed by atoms with van der Waals surface area (Å²) in [6.45, 7) is 0.571. The average molecular weight is 487 g/mol. The lowest BCUT2D eigenvalue weighted by Gasteiger charge is -2.11. The molecule has 0 bridgehead atoms. The standard InChI is InChI=1S/C21H26N2O5S2.ClH/c22-12-2-1-3-20(23)21(24)28-17-6-4-15(5-7-17)27-16-8-10-19(11-9-16)30(25,26)14-18-13-29-18;/h4-11,18,20H,1-3,12-14,22-23H2;1H/t18?,20-;/m0./s1. The topological polar surface area (TPSA) is 122 Å². The minimum absolute atomic E-state index is 0. The Kier molecular flexibility index (Phi) is 9.64. The second-order valence-electron chi connectivity index (χ2n) is 7.09. The van der Waals surface area contributed by atoms with Crippen LogP contribution in [0.3, 0.4) is 0 Å². The van der Waals surface area contributed by atoms with Gasteiger partial charge in [0.1, 0.15) is 23.3 Å². The van der Waals surface area contributed by atoms with E-state index < -0.39 is 21.8 Å². The van der Waals surface area contributed by atoms with Crippen molar-refractivity contribution in [3.63, 3.8) is 0 Å². The van der Waals surface area contributed by atoms with Crippen LogP contribution >= 0.6 is 24.2 Å². The molecule has 0 saturated carbocycles. The van der Waals surface area contributed by atoms with Gasteiger partial charge in [-0.25, -0.2) is 13.2 Å². The fourth-order valence-electron chi connectivity index (χ4n) is 2.75. The highest BCUT2D eigenvalue weighted by molar-refractivity contribution is 8.08. The molecular formula is C21H27ClN2O5S2. The van der Waals surface area contributed by atoms with E-state index in [0.29, 0.717) is 35.1 Å². The van der Waals surface area contributed by atoms with Crippen molar-refractivity contribution in [2.24, 2.45) is 11.5 Å². The van der Waals surface area contributed by atoms with Gasteiger partial charge in [-0.3, -0.25) is 0 Å². The maximum atomic E-state index is 12.3. The van der Waals surface area contributed by atoms with Crippen LogP contribution in [0.2, 0.25) is 0 Å². The van der Waals surface area contributed by atoms with Gasteiger partial charge < -0.3 is 20.9 Å². The number of unbranched alkanes of at least 4 members (excludes halogenated alkanes) is 1. The lowest BCUT2D eigenvalue weighted by Crippen LogP contribution is -2.34. The van der Waals surface area contributed by atoms with E-state index in [2.05, 4.69) is 0 Å². The first-order valence-corrected chi connectivity index (χ1v) is 12.5. The predicted octanol–water partition coefficient (Wildman–Crippen LogP) is 3.15. The highest BCUT2D eigenvalue weighted by Gasteiger charge is 2.29. The van der Waals surface area contributed by atoms with Crippen molar-refractivity contribution in [3.8, 4) is 17.2 Å². The van der Waals surface area contributed by atoms with Crippen LogP contribution in [0.15, 0.2) is 53.4 Å². The lowest BCUT2D eigenvalue weighted by molar-refractivity contribution is -0.136. The predicted molar refractivity (Wildman–Crippen MR) is 125 cm³/mol. The number of hydrogen-bond acceptors (Lipinski definition) is 8. The minimum Gasteiger partial charge on any atom is -0.457 e. The quantitative estimate of drug-likeness (QED) is 0.215. The van der Waals surface area contributed by atoms with E-state index in [9.17, 15) is 13.2 Å². The van der Waals surface area contributed by atoms with Crippen LogP contribution in [0.1, 0.15) is 19.3 Å². The van der Waals surface area contributed by atoms with Crippen molar-refractivity contribution < 1.29 is 22.7 Å². The average Bonchev–Trinajstić information content (AvgIpc) is 3.53. The van der Waals surface area contributed by atoms with Crippen LogP contribution in [-0.2, 0) is 14.6 Å². The van der Waals surface area contributed by atoms with Gasteiger partial charge in [-0.05, 0) is 67.9 Å². The van der Waals surface area contributed by atoms with Crippen molar-refractivity contribution in [2.75, 3.05) is 18.1 Å². The summed E-state index contributed by atoms with van der Waals surface area (Å²) in [5, 5.41) is 0.221. The van der Waals surface area contributed by atoms with E-state index in [0.717, 1.165) is 18.6 Å². The second-order valence-corrected chi connectivity index (χ2v) is 10.5. The molecule has 7 nitrogen and oxygen atoms in total. The molecule has 2 atom stereocenters. The molecule has 2 aromatic rings. The van der Waals surface area contributed by atoms with Gasteiger partial charge in [0.25, 0.3) is 0 Å². The third-order valence-electron chi connectivity index (χ3n) is 4.54. The smallest absolute Gasteiger partial charge is 0.328 e. The zero-order valence-corrected chi connectivity index (χ0v) is 19.4. The van der Waals surface area contributed by atoms with Gasteiger partial charge in [-0.15, -0.1) is 12.4 Å². The Morgan fingerprint density at radius 2 is 1.58 bits per heavy atom. The first-order valence-electron chi connectivity index (χ1n) is 9.77. The first kappa shape index (κ1) is 25.5. The molecule has 0 aromatic heterocycles. The molecule has 2 aromatic carbocycles. The molecule has 31 heavy (non-hydrogen) atoms. The van der Waals surface area contributed by atoms with E-state index in [1.54, 1.807) is 60.3 Å². The lowest BCUT2D eigenvalue weighted by atomic mass is 10.1. The number of halogens is 1. The Hall–Kier alpha value is -1.78. The summed E-state index contributed by atoms with van der Waals surface area (Å²) in [6, 6.07) is 12.2. The number of hydrogen-bond donors (Lipinski definition) is 2. The second kappa shape index (κ2) is 11.7. The summed E-state index contributed by atoms with van der Waals surface area (Å²) in [6.07, 6.45) is 2.13. The van der Waals surface area contributed by atoms with Crippen LogP contribution < -0.4 is 20.9 Å².